The van der Waals surface area contributed by atoms with E-state index in [9.17, 15) is 4.79 Å². The van der Waals surface area contributed by atoms with E-state index in [1.807, 2.05) is 6.92 Å². The molecule has 1 saturated carbocycles. The third kappa shape index (κ3) is 2.46. The summed E-state index contributed by atoms with van der Waals surface area (Å²) in [6.45, 7) is 2.23. The molecule has 1 aromatic heterocycles. The van der Waals surface area contributed by atoms with Crippen LogP contribution < -0.4 is 0 Å². The Morgan fingerprint density at radius 3 is 2.76 bits per heavy atom. The van der Waals surface area contributed by atoms with Crippen molar-refractivity contribution >= 4 is 28.6 Å². The number of hydrogen-bond donors (Lipinski definition) is 0. The molecule has 2 saturated heterocycles. The number of fused-ring (bicyclic) bond motifs is 3. The van der Waals surface area contributed by atoms with Crippen LogP contribution in [0.5, 0.6) is 0 Å². The summed E-state index contributed by atoms with van der Waals surface area (Å²) in [5.41, 5.74) is 0.00975. The number of rotatable bonds is 4. The molecule has 6 heteroatoms. The molecule has 2 bridgehead atoms. The fraction of sp³-hybridized carbons (Fsp3) is 0.667. The van der Waals surface area contributed by atoms with Gasteiger partial charge < -0.3 is 9.47 Å². The highest BCUT2D eigenvalue weighted by atomic mass is 127. The van der Waals surface area contributed by atoms with Crippen LogP contribution >= 0.6 is 22.6 Å². The minimum atomic E-state index is -0.598. The first kappa shape index (κ1) is 15.1. The van der Waals surface area contributed by atoms with E-state index in [1.165, 1.54) is 0 Å². The van der Waals surface area contributed by atoms with Gasteiger partial charge in [-0.1, -0.05) is 22.6 Å². The van der Waals surface area contributed by atoms with Crippen molar-refractivity contribution in [2.75, 3.05) is 11.0 Å². The quantitative estimate of drug-likeness (QED) is 0.441. The molecule has 5 nitrogen and oxygen atoms in total. The maximum Gasteiger partial charge on any atom is 0.315 e. The van der Waals surface area contributed by atoms with Crippen molar-refractivity contribution in [1.82, 2.24) is 9.97 Å². The summed E-state index contributed by atoms with van der Waals surface area (Å²) in [6.07, 6.45) is 8.06. The van der Waals surface area contributed by atoms with Crippen LogP contribution in [0.1, 0.15) is 44.4 Å². The second-order valence-electron chi connectivity index (χ2n) is 5.82. The van der Waals surface area contributed by atoms with Crippen molar-refractivity contribution < 1.29 is 14.3 Å². The molecule has 3 fully saturated rings. The van der Waals surface area contributed by atoms with Gasteiger partial charge in [0.05, 0.1) is 24.1 Å². The molecular weight excluding hydrogens is 383 g/mol. The second-order valence-corrected chi connectivity index (χ2v) is 6.58. The highest BCUT2D eigenvalue weighted by Gasteiger charge is 2.60. The summed E-state index contributed by atoms with van der Waals surface area (Å²) in [5.74, 6) is -0.151. The van der Waals surface area contributed by atoms with Crippen LogP contribution in [-0.2, 0) is 14.3 Å². The Morgan fingerprint density at radius 2 is 2.19 bits per heavy atom. The van der Waals surface area contributed by atoms with E-state index in [-0.39, 0.29) is 17.7 Å². The van der Waals surface area contributed by atoms with Crippen molar-refractivity contribution in [1.29, 1.82) is 0 Å². The summed E-state index contributed by atoms with van der Waals surface area (Å²) in [7, 11) is 0. The summed E-state index contributed by atoms with van der Waals surface area (Å²) >= 11 is 2.38. The average molecular weight is 402 g/mol. The lowest BCUT2D eigenvalue weighted by atomic mass is 9.62. The van der Waals surface area contributed by atoms with E-state index in [0.717, 1.165) is 35.8 Å². The summed E-state index contributed by atoms with van der Waals surface area (Å²) in [4.78, 5) is 21.1. The fourth-order valence-corrected chi connectivity index (χ4v) is 4.38. The van der Waals surface area contributed by atoms with Crippen LogP contribution in [0.3, 0.4) is 0 Å². The number of carbonyl (C=O) groups is 1. The van der Waals surface area contributed by atoms with Gasteiger partial charge in [-0.05, 0) is 32.6 Å². The smallest absolute Gasteiger partial charge is 0.315 e. The first-order valence-corrected chi connectivity index (χ1v) is 8.85. The molecular formula is C15H19IN2O3. The molecule has 3 aliphatic rings. The zero-order valence-corrected chi connectivity index (χ0v) is 14.2. The third-order valence-corrected chi connectivity index (χ3v) is 6.09. The SMILES string of the molecule is CCOC(=O)C12CCC(CI)(CC1)OC2c1cnccn1. The number of hydrogen-bond acceptors (Lipinski definition) is 5. The average Bonchev–Trinajstić information content (AvgIpc) is 2.57. The second kappa shape index (κ2) is 5.79. The van der Waals surface area contributed by atoms with Crippen LogP contribution in [0.2, 0.25) is 0 Å². The monoisotopic (exact) mass is 402 g/mol. The van der Waals surface area contributed by atoms with Crippen molar-refractivity contribution in [3.63, 3.8) is 0 Å². The normalized spacial score (nSPS) is 34.7. The molecule has 1 unspecified atom stereocenters. The summed E-state index contributed by atoms with van der Waals surface area (Å²) < 4.78 is 12.6. The maximum atomic E-state index is 12.6. The molecule has 0 aromatic carbocycles. The number of aromatic nitrogens is 2. The Hall–Kier alpha value is -0.760. The van der Waals surface area contributed by atoms with Gasteiger partial charge in [0.25, 0.3) is 0 Å². The van der Waals surface area contributed by atoms with Crippen LogP contribution in [0, 0.1) is 5.41 Å². The van der Waals surface area contributed by atoms with Crippen LogP contribution in [0.15, 0.2) is 18.6 Å². The third-order valence-electron chi connectivity index (χ3n) is 4.70. The van der Waals surface area contributed by atoms with E-state index in [4.69, 9.17) is 9.47 Å². The molecule has 114 valence electrons. The largest absolute Gasteiger partial charge is 0.465 e. The van der Waals surface area contributed by atoms with Crippen LogP contribution in [-0.4, -0.2) is 32.6 Å². The molecule has 21 heavy (non-hydrogen) atoms. The first-order valence-electron chi connectivity index (χ1n) is 7.33. The molecule has 0 N–H and O–H groups in total. The molecule has 3 heterocycles. The number of nitrogens with zero attached hydrogens (tertiary/aromatic N) is 2. The summed E-state index contributed by atoms with van der Waals surface area (Å²) in [6, 6.07) is 0. The zero-order chi connectivity index (χ0) is 14.9. The van der Waals surface area contributed by atoms with Crippen LogP contribution in [0.4, 0.5) is 0 Å². The Bertz CT molecular complexity index is 515. The van der Waals surface area contributed by atoms with E-state index in [2.05, 4.69) is 32.6 Å². The highest BCUT2D eigenvalue weighted by molar-refractivity contribution is 14.1. The van der Waals surface area contributed by atoms with Gasteiger partial charge in [-0.3, -0.25) is 14.8 Å². The van der Waals surface area contributed by atoms with Crippen molar-refractivity contribution in [2.45, 2.75) is 44.3 Å². The molecule has 1 aliphatic carbocycles. The molecule has 2 aliphatic heterocycles. The van der Waals surface area contributed by atoms with Crippen molar-refractivity contribution in [2.24, 2.45) is 5.41 Å². The lowest BCUT2D eigenvalue weighted by Gasteiger charge is -2.55. The van der Waals surface area contributed by atoms with E-state index in [0.29, 0.717) is 6.61 Å². The topological polar surface area (TPSA) is 61.3 Å². The molecule has 1 atom stereocenters. The molecule has 0 spiro atoms. The number of ether oxygens (including phenoxy) is 2. The molecule has 1 aromatic rings. The maximum absolute atomic E-state index is 12.6. The molecule has 4 rings (SSSR count). The number of halogens is 1. The molecule has 0 amide bonds. The summed E-state index contributed by atoms with van der Waals surface area (Å²) in [5, 5.41) is 0. The van der Waals surface area contributed by atoms with E-state index < -0.39 is 5.41 Å². The standard InChI is InChI=1S/C15H19IN2O3/c1-2-20-13(19)15-5-3-14(10-16,4-6-15)21-12(15)11-9-17-7-8-18-11/h7-9,12H,2-6,10H2,1H3. The van der Waals surface area contributed by atoms with Gasteiger partial charge in [0, 0.05) is 16.8 Å². The minimum absolute atomic E-state index is 0.128. The minimum Gasteiger partial charge on any atom is -0.465 e. The van der Waals surface area contributed by atoms with Crippen molar-refractivity contribution in [3.05, 3.63) is 24.3 Å². The van der Waals surface area contributed by atoms with Gasteiger partial charge in [-0.25, -0.2) is 0 Å². The Morgan fingerprint density at radius 1 is 1.43 bits per heavy atom. The van der Waals surface area contributed by atoms with E-state index in [1.54, 1.807) is 18.6 Å². The lowest BCUT2D eigenvalue weighted by Crippen LogP contribution is -2.57. The van der Waals surface area contributed by atoms with Gasteiger partial charge >= 0.3 is 5.97 Å². The predicted molar refractivity (Wildman–Crippen MR) is 85.0 cm³/mol. The van der Waals surface area contributed by atoms with Gasteiger partial charge in [-0.15, -0.1) is 0 Å². The first-order chi connectivity index (χ1) is 10.2. The number of alkyl halides is 1. The Labute approximate surface area is 138 Å². The lowest BCUT2D eigenvalue weighted by molar-refractivity contribution is -0.236. The zero-order valence-electron chi connectivity index (χ0n) is 12.0. The van der Waals surface area contributed by atoms with Gasteiger partial charge in [-0.2, -0.15) is 0 Å². The van der Waals surface area contributed by atoms with Crippen molar-refractivity contribution in [3.8, 4) is 0 Å². The van der Waals surface area contributed by atoms with E-state index >= 15 is 0 Å². The van der Waals surface area contributed by atoms with Gasteiger partial charge in [0.2, 0.25) is 0 Å². The van der Waals surface area contributed by atoms with Gasteiger partial charge in [0.1, 0.15) is 11.5 Å². The van der Waals surface area contributed by atoms with Crippen LogP contribution in [0.25, 0.3) is 0 Å². The fourth-order valence-electron chi connectivity index (χ4n) is 3.44. The van der Waals surface area contributed by atoms with Gasteiger partial charge in [0.15, 0.2) is 0 Å². The predicted octanol–water partition coefficient (Wildman–Crippen LogP) is 2.85. The Balaban J connectivity index is 1.99. The number of carbonyl (C=O) groups excluding carboxylic acids is 1. The number of esters is 1. The highest BCUT2D eigenvalue weighted by Crippen LogP contribution is 2.59. The Kier molecular flexibility index (Phi) is 4.18. The molecule has 0 radical (unpaired) electrons.